The highest BCUT2D eigenvalue weighted by molar-refractivity contribution is 7.98. The number of aromatic nitrogens is 2. The molecule has 0 radical (unpaired) electrons. The molecular formula is C30H32N4O4S2. The minimum Gasteiger partial charge on any atom is -0.457 e. The molecule has 10 heteroatoms. The number of benzene rings is 3. The molecule has 4 aromatic rings. The van der Waals surface area contributed by atoms with Crippen molar-refractivity contribution in [2.24, 2.45) is 0 Å². The molecule has 1 amide bonds. The molecule has 0 atom stereocenters. The van der Waals surface area contributed by atoms with E-state index in [2.05, 4.69) is 5.32 Å². The van der Waals surface area contributed by atoms with Gasteiger partial charge in [0.2, 0.25) is 10.0 Å². The Morgan fingerprint density at radius 3 is 2.23 bits per heavy atom. The van der Waals surface area contributed by atoms with Crippen LogP contribution in [0.3, 0.4) is 0 Å². The molecule has 1 aliphatic rings. The Bertz CT molecular complexity index is 1560. The SMILES string of the molecule is CCCN(CCC)S(=O)(=O)c1ccc(C(=O)Nc2c3c(nn2-c2ccc(Oc4ccccc4)cc2)CSC3)cc1. The highest BCUT2D eigenvalue weighted by Gasteiger charge is 2.26. The van der Waals surface area contributed by atoms with Gasteiger partial charge in [0.25, 0.3) is 5.91 Å². The van der Waals surface area contributed by atoms with E-state index in [0.29, 0.717) is 30.2 Å². The van der Waals surface area contributed by atoms with Crippen LogP contribution in [0.1, 0.15) is 48.3 Å². The van der Waals surface area contributed by atoms with Crippen molar-refractivity contribution in [2.45, 2.75) is 43.1 Å². The van der Waals surface area contributed by atoms with E-state index in [1.54, 1.807) is 28.6 Å². The predicted octanol–water partition coefficient (Wildman–Crippen LogP) is 6.47. The summed E-state index contributed by atoms with van der Waals surface area (Å²) < 4.78 is 35.4. The summed E-state index contributed by atoms with van der Waals surface area (Å²) in [6.07, 6.45) is 1.47. The second kappa shape index (κ2) is 12.3. The van der Waals surface area contributed by atoms with Crippen LogP contribution in [0.25, 0.3) is 5.69 Å². The van der Waals surface area contributed by atoms with Gasteiger partial charge in [-0.3, -0.25) is 4.79 Å². The Balaban J connectivity index is 1.36. The molecular weight excluding hydrogens is 544 g/mol. The molecule has 0 bridgehead atoms. The van der Waals surface area contributed by atoms with Crippen molar-refractivity contribution in [3.63, 3.8) is 0 Å². The Kier molecular flexibility index (Phi) is 8.58. The lowest BCUT2D eigenvalue weighted by Crippen LogP contribution is -2.32. The predicted molar refractivity (Wildman–Crippen MR) is 159 cm³/mol. The van der Waals surface area contributed by atoms with Gasteiger partial charge in [-0.1, -0.05) is 32.0 Å². The maximum absolute atomic E-state index is 13.3. The van der Waals surface area contributed by atoms with E-state index in [-0.39, 0.29) is 10.8 Å². The summed E-state index contributed by atoms with van der Waals surface area (Å²) in [5.74, 6) is 3.27. The molecule has 2 heterocycles. The molecule has 3 aromatic carbocycles. The van der Waals surface area contributed by atoms with Gasteiger partial charge in [0.1, 0.15) is 17.3 Å². The van der Waals surface area contributed by atoms with Crippen LogP contribution in [0.4, 0.5) is 5.82 Å². The van der Waals surface area contributed by atoms with Gasteiger partial charge in [0.15, 0.2) is 0 Å². The van der Waals surface area contributed by atoms with Gasteiger partial charge < -0.3 is 10.1 Å². The van der Waals surface area contributed by atoms with Crippen LogP contribution in [-0.4, -0.2) is 41.5 Å². The molecule has 0 unspecified atom stereocenters. The molecule has 1 aliphatic heterocycles. The molecule has 0 fully saturated rings. The quantitative estimate of drug-likeness (QED) is 0.220. The van der Waals surface area contributed by atoms with Crippen molar-refractivity contribution >= 4 is 33.5 Å². The van der Waals surface area contributed by atoms with E-state index < -0.39 is 10.0 Å². The zero-order chi connectivity index (χ0) is 28.1. The molecule has 0 aliphatic carbocycles. The molecule has 1 N–H and O–H groups in total. The van der Waals surface area contributed by atoms with Crippen molar-refractivity contribution in [1.82, 2.24) is 14.1 Å². The number of sulfonamides is 1. The van der Waals surface area contributed by atoms with Crippen LogP contribution in [-0.2, 0) is 21.5 Å². The van der Waals surface area contributed by atoms with Crippen LogP contribution in [0.5, 0.6) is 11.5 Å². The summed E-state index contributed by atoms with van der Waals surface area (Å²) in [6, 6.07) is 23.2. The van der Waals surface area contributed by atoms with Crippen molar-refractivity contribution in [1.29, 1.82) is 0 Å². The number of nitrogens with one attached hydrogen (secondary N) is 1. The Labute approximate surface area is 239 Å². The number of thioether (sulfide) groups is 1. The van der Waals surface area contributed by atoms with Crippen LogP contribution in [0.15, 0.2) is 83.8 Å². The lowest BCUT2D eigenvalue weighted by Gasteiger charge is -2.21. The number of para-hydroxylation sites is 1. The van der Waals surface area contributed by atoms with Gasteiger partial charge in [0, 0.05) is 35.7 Å². The number of hydrogen-bond acceptors (Lipinski definition) is 6. The van der Waals surface area contributed by atoms with E-state index in [1.807, 2.05) is 68.4 Å². The first-order valence-electron chi connectivity index (χ1n) is 13.3. The fourth-order valence-electron chi connectivity index (χ4n) is 4.57. The number of carbonyl (C=O) groups excluding carboxylic acids is 1. The zero-order valence-electron chi connectivity index (χ0n) is 22.5. The van der Waals surface area contributed by atoms with Gasteiger partial charge in [-0.05, 0) is 73.5 Å². The minimum absolute atomic E-state index is 0.186. The number of amides is 1. The van der Waals surface area contributed by atoms with Crippen molar-refractivity contribution in [3.8, 4) is 17.2 Å². The van der Waals surface area contributed by atoms with Gasteiger partial charge in [-0.25, -0.2) is 13.1 Å². The van der Waals surface area contributed by atoms with Crippen molar-refractivity contribution in [3.05, 3.63) is 95.7 Å². The van der Waals surface area contributed by atoms with Crippen LogP contribution in [0, 0.1) is 0 Å². The van der Waals surface area contributed by atoms with E-state index in [4.69, 9.17) is 9.84 Å². The monoisotopic (exact) mass is 576 g/mol. The Hall–Kier alpha value is -3.60. The van der Waals surface area contributed by atoms with Gasteiger partial charge in [-0.2, -0.15) is 21.2 Å². The molecule has 1 aromatic heterocycles. The average Bonchev–Trinajstić information content (AvgIpc) is 3.56. The summed E-state index contributed by atoms with van der Waals surface area (Å²) in [5.41, 5.74) is 3.11. The number of anilines is 1. The number of nitrogens with zero attached hydrogens (tertiary/aromatic N) is 3. The third kappa shape index (κ3) is 5.94. The van der Waals surface area contributed by atoms with E-state index in [0.717, 1.165) is 47.0 Å². The third-order valence-electron chi connectivity index (χ3n) is 6.54. The molecule has 0 saturated carbocycles. The maximum Gasteiger partial charge on any atom is 0.256 e. The Morgan fingerprint density at radius 1 is 0.925 bits per heavy atom. The zero-order valence-corrected chi connectivity index (χ0v) is 24.2. The second-order valence-electron chi connectivity index (χ2n) is 9.47. The summed E-state index contributed by atoms with van der Waals surface area (Å²) in [6.45, 7) is 4.84. The number of fused-ring (bicyclic) bond motifs is 1. The minimum atomic E-state index is -3.62. The first kappa shape index (κ1) is 27.9. The number of hydrogen-bond donors (Lipinski definition) is 1. The average molecular weight is 577 g/mol. The van der Waals surface area contributed by atoms with E-state index in [9.17, 15) is 13.2 Å². The van der Waals surface area contributed by atoms with Crippen LogP contribution in [0.2, 0.25) is 0 Å². The van der Waals surface area contributed by atoms with Gasteiger partial charge in [0.05, 0.1) is 16.3 Å². The van der Waals surface area contributed by atoms with E-state index >= 15 is 0 Å². The first-order valence-corrected chi connectivity index (χ1v) is 15.9. The topological polar surface area (TPSA) is 93.5 Å². The first-order chi connectivity index (χ1) is 19.4. The fourth-order valence-corrected chi connectivity index (χ4v) is 7.23. The largest absolute Gasteiger partial charge is 0.457 e. The Morgan fingerprint density at radius 2 is 1.57 bits per heavy atom. The van der Waals surface area contributed by atoms with Crippen molar-refractivity contribution in [2.75, 3.05) is 18.4 Å². The smallest absolute Gasteiger partial charge is 0.256 e. The molecule has 5 rings (SSSR count). The summed E-state index contributed by atoms with van der Waals surface area (Å²) in [4.78, 5) is 13.5. The number of carbonyl (C=O) groups is 1. The van der Waals surface area contributed by atoms with Crippen LogP contribution >= 0.6 is 11.8 Å². The standard InChI is InChI=1S/C30H32N4O4S2/c1-3-18-33(19-4-2)40(36,37)26-16-10-22(11-17-26)30(35)31-29-27-20-39-21-28(27)32-34(29)23-12-14-25(15-13-23)38-24-8-6-5-7-9-24/h5-17H,3-4,18-21H2,1-2H3,(H,31,35). The fraction of sp³-hybridized carbons (Fsp3) is 0.267. The van der Waals surface area contributed by atoms with Crippen LogP contribution < -0.4 is 10.1 Å². The van der Waals surface area contributed by atoms with Gasteiger partial charge >= 0.3 is 0 Å². The van der Waals surface area contributed by atoms with Gasteiger partial charge in [-0.15, -0.1) is 0 Å². The lowest BCUT2D eigenvalue weighted by molar-refractivity contribution is 0.102. The number of rotatable bonds is 11. The molecule has 40 heavy (non-hydrogen) atoms. The number of ether oxygens (including phenoxy) is 1. The molecule has 8 nitrogen and oxygen atoms in total. The normalized spacial score (nSPS) is 12.9. The third-order valence-corrected chi connectivity index (χ3v) is 9.43. The highest BCUT2D eigenvalue weighted by atomic mass is 32.2. The molecule has 208 valence electrons. The second-order valence-corrected chi connectivity index (χ2v) is 12.4. The van der Waals surface area contributed by atoms with Crippen molar-refractivity contribution < 1.29 is 17.9 Å². The lowest BCUT2D eigenvalue weighted by atomic mass is 10.2. The van der Waals surface area contributed by atoms with E-state index in [1.165, 1.54) is 16.4 Å². The summed E-state index contributed by atoms with van der Waals surface area (Å²) >= 11 is 1.75. The molecule has 0 saturated heterocycles. The summed E-state index contributed by atoms with van der Waals surface area (Å²) in [7, 11) is -3.62. The summed E-state index contributed by atoms with van der Waals surface area (Å²) in [5, 5.41) is 7.82. The highest BCUT2D eigenvalue weighted by Crippen LogP contribution is 2.36. The maximum atomic E-state index is 13.3. The molecule has 0 spiro atoms.